The molecule has 0 radical (unpaired) electrons. The van der Waals surface area contributed by atoms with Gasteiger partial charge in [-0.15, -0.1) is 0 Å². The van der Waals surface area contributed by atoms with Crippen LogP contribution in [0.4, 0.5) is 11.4 Å². The number of hydrogen-bond acceptors (Lipinski definition) is 1. The lowest BCUT2D eigenvalue weighted by atomic mass is 10.2. The molecule has 0 atom stereocenters. The van der Waals surface area contributed by atoms with Gasteiger partial charge < -0.3 is 0 Å². The summed E-state index contributed by atoms with van der Waals surface area (Å²) in [5, 5.41) is 0. The van der Waals surface area contributed by atoms with Crippen molar-refractivity contribution in [2.45, 2.75) is 13.8 Å². The van der Waals surface area contributed by atoms with Gasteiger partial charge in [-0.1, -0.05) is 24.3 Å². The summed E-state index contributed by atoms with van der Waals surface area (Å²) < 4.78 is 1.07. The van der Waals surface area contributed by atoms with E-state index in [9.17, 15) is 4.79 Å². The van der Waals surface area contributed by atoms with Crippen LogP contribution in [0.5, 0.6) is 0 Å². The summed E-state index contributed by atoms with van der Waals surface area (Å²) >= 11 is 2.26. The number of amides is 1. The molecule has 0 unspecified atom stereocenters. The van der Waals surface area contributed by atoms with Crippen molar-refractivity contribution in [2.75, 3.05) is 4.90 Å². The number of carbonyl (C=O) groups excluding carboxylic acids is 1. The first-order valence-electron chi connectivity index (χ1n) is 5.71. The maximum absolute atomic E-state index is 11.9. The lowest BCUT2D eigenvalue weighted by molar-refractivity contribution is -0.115. The summed E-state index contributed by atoms with van der Waals surface area (Å²) in [6.07, 6.45) is 0. The fraction of sp³-hybridized carbons (Fsp3) is 0.133. The Labute approximate surface area is 121 Å². The first kappa shape index (κ1) is 13.1. The van der Waals surface area contributed by atoms with Gasteiger partial charge in [0.1, 0.15) is 0 Å². The third-order valence-corrected chi connectivity index (χ3v) is 3.58. The highest BCUT2D eigenvalue weighted by Crippen LogP contribution is 2.30. The molecule has 1 amide bonds. The number of aryl methyl sites for hydroxylation is 1. The Hall–Kier alpha value is -1.36. The maximum Gasteiger partial charge on any atom is 0.228 e. The highest BCUT2D eigenvalue weighted by molar-refractivity contribution is 14.1. The van der Waals surface area contributed by atoms with Gasteiger partial charge in [0.2, 0.25) is 5.91 Å². The average Bonchev–Trinajstić information content (AvgIpc) is 2.35. The molecule has 0 spiro atoms. The number of nitrogens with zero attached hydrogens (tertiary/aromatic N) is 1. The van der Waals surface area contributed by atoms with Gasteiger partial charge in [-0.05, 0) is 59.3 Å². The molecule has 0 fully saturated rings. The van der Waals surface area contributed by atoms with E-state index in [-0.39, 0.29) is 5.91 Å². The van der Waals surface area contributed by atoms with Crippen LogP contribution in [0.2, 0.25) is 0 Å². The van der Waals surface area contributed by atoms with E-state index < -0.39 is 0 Å². The fourth-order valence-corrected chi connectivity index (χ4v) is 2.44. The highest BCUT2D eigenvalue weighted by atomic mass is 127. The van der Waals surface area contributed by atoms with Gasteiger partial charge in [-0.2, -0.15) is 0 Å². The molecular weight excluding hydrogens is 337 g/mol. The topological polar surface area (TPSA) is 20.3 Å². The van der Waals surface area contributed by atoms with Gasteiger partial charge in [0.05, 0.1) is 5.69 Å². The number of para-hydroxylation sites is 1. The normalized spacial score (nSPS) is 10.2. The van der Waals surface area contributed by atoms with Crippen LogP contribution in [0.3, 0.4) is 0 Å². The van der Waals surface area contributed by atoms with E-state index in [4.69, 9.17) is 0 Å². The Kier molecular flexibility index (Phi) is 4.01. The number of hydrogen-bond donors (Lipinski definition) is 0. The lowest BCUT2D eigenvalue weighted by Crippen LogP contribution is -2.23. The molecule has 0 aromatic heterocycles. The molecule has 0 aliphatic heterocycles. The van der Waals surface area contributed by atoms with Crippen LogP contribution < -0.4 is 4.90 Å². The van der Waals surface area contributed by atoms with E-state index >= 15 is 0 Å². The number of anilines is 2. The van der Waals surface area contributed by atoms with Crippen LogP contribution in [0.15, 0.2) is 48.5 Å². The second kappa shape index (κ2) is 5.52. The minimum atomic E-state index is 0.0183. The Morgan fingerprint density at radius 3 is 2.39 bits per heavy atom. The van der Waals surface area contributed by atoms with Crippen molar-refractivity contribution in [2.24, 2.45) is 0 Å². The van der Waals surface area contributed by atoms with E-state index in [1.165, 1.54) is 0 Å². The average molecular weight is 351 g/mol. The zero-order chi connectivity index (χ0) is 13.1. The molecule has 0 N–H and O–H groups in total. The van der Waals surface area contributed by atoms with E-state index in [1.54, 1.807) is 11.8 Å². The molecule has 2 aromatic carbocycles. The van der Waals surface area contributed by atoms with Crippen molar-refractivity contribution in [1.29, 1.82) is 0 Å². The molecule has 18 heavy (non-hydrogen) atoms. The number of carbonyl (C=O) groups is 1. The fourth-order valence-electron chi connectivity index (χ4n) is 1.86. The van der Waals surface area contributed by atoms with Crippen molar-refractivity contribution in [3.63, 3.8) is 0 Å². The smallest absolute Gasteiger partial charge is 0.228 e. The quantitative estimate of drug-likeness (QED) is 0.740. The number of rotatable bonds is 2. The van der Waals surface area contributed by atoms with Crippen LogP contribution in [0, 0.1) is 10.5 Å². The highest BCUT2D eigenvalue weighted by Gasteiger charge is 2.16. The summed E-state index contributed by atoms with van der Waals surface area (Å²) in [5.74, 6) is 0.0183. The summed E-state index contributed by atoms with van der Waals surface area (Å²) in [5.41, 5.74) is 2.98. The molecule has 2 nitrogen and oxygen atoms in total. The standard InChI is InChI=1S/C15H14INO/c1-11-8-9-14(16)15(10-11)17(12(2)18)13-6-4-3-5-7-13/h3-10H,1-2H3. The zero-order valence-corrected chi connectivity index (χ0v) is 12.5. The number of halogens is 1. The second-order valence-electron chi connectivity index (χ2n) is 4.14. The van der Waals surface area contributed by atoms with Crippen molar-refractivity contribution in [1.82, 2.24) is 0 Å². The molecule has 0 aliphatic rings. The number of benzene rings is 2. The minimum Gasteiger partial charge on any atom is -0.280 e. The van der Waals surface area contributed by atoms with Gasteiger partial charge in [0, 0.05) is 16.2 Å². The van der Waals surface area contributed by atoms with Crippen molar-refractivity contribution in [3.8, 4) is 0 Å². The van der Waals surface area contributed by atoms with Gasteiger partial charge in [0.15, 0.2) is 0 Å². The molecule has 3 heteroatoms. The SMILES string of the molecule is CC(=O)N(c1ccccc1)c1cc(C)ccc1I. The summed E-state index contributed by atoms with van der Waals surface area (Å²) in [4.78, 5) is 13.7. The van der Waals surface area contributed by atoms with Crippen LogP contribution in [0.25, 0.3) is 0 Å². The predicted octanol–water partition coefficient (Wildman–Crippen LogP) is 4.28. The summed E-state index contributed by atoms with van der Waals surface area (Å²) in [6, 6.07) is 15.8. The molecule has 0 aliphatic carbocycles. The molecule has 2 aromatic rings. The van der Waals surface area contributed by atoms with Crippen molar-refractivity contribution in [3.05, 3.63) is 57.7 Å². The van der Waals surface area contributed by atoms with Crippen molar-refractivity contribution < 1.29 is 4.79 Å². The third-order valence-electron chi connectivity index (χ3n) is 2.67. The molecule has 92 valence electrons. The molecule has 0 heterocycles. The van der Waals surface area contributed by atoms with E-state index in [2.05, 4.69) is 28.7 Å². The Balaban J connectivity index is 2.55. The third kappa shape index (κ3) is 2.72. The van der Waals surface area contributed by atoms with Gasteiger partial charge in [0.25, 0.3) is 0 Å². The molecule has 0 saturated carbocycles. The van der Waals surface area contributed by atoms with Crippen LogP contribution in [-0.4, -0.2) is 5.91 Å². The summed E-state index contributed by atoms with van der Waals surface area (Å²) in [7, 11) is 0. The monoisotopic (exact) mass is 351 g/mol. The van der Waals surface area contributed by atoms with Gasteiger partial charge >= 0.3 is 0 Å². The first-order valence-corrected chi connectivity index (χ1v) is 6.79. The second-order valence-corrected chi connectivity index (χ2v) is 5.31. The zero-order valence-electron chi connectivity index (χ0n) is 10.4. The van der Waals surface area contributed by atoms with Crippen molar-refractivity contribution >= 4 is 39.9 Å². The van der Waals surface area contributed by atoms with Gasteiger partial charge in [-0.25, -0.2) is 0 Å². The van der Waals surface area contributed by atoms with E-state index in [0.29, 0.717) is 0 Å². The Morgan fingerprint density at radius 1 is 1.11 bits per heavy atom. The molecule has 0 bridgehead atoms. The molecule has 0 saturated heterocycles. The van der Waals surface area contributed by atoms with E-state index in [1.807, 2.05) is 49.4 Å². The minimum absolute atomic E-state index is 0.0183. The first-order chi connectivity index (χ1) is 8.59. The predicted molar refractivity (Wildman–Crippen MR) is 83.2 cm³/mol. The summed E-state index contributed by atoms with van der Waals surface area (Å²) in [6.45, 7) is 3.62. The van der Waals surface area contributed by atoms with Crippen LogP contribution in [0.1, 0.15) is 12.5 Å². The van der Waals surface area contributed by atoms with Gasteiger partial charge in [-0.3, -0.25) is 9.69 Å². The van der Waals surface area contributed by atoms with Crippen LogP contribution in [-0.2, 0) is 4.79 Å². The van der Waals surface area contributed by atoms with Crippen LogP contribution >= 0.6 is 22.6 Å². The molecular formula is C15H14INO. The maximum atomic E-state index is 11.9. The Morgan fingerprint density at radius 2 is 1.78 bits per heavy atom. The van der Waals surface area contributed by atoms with E-state index in [0.717, 1.165) is 20.5 Å². The molecule has 2 rings (SSSR count). The lowest BCUT2D eigenvalue weighted by Gasteiger charge is -2.23. The largest absolute Gasteiger partial charge is 0.280 e. The Bertz CT molecular complexity index is 566.